The first-order valence-corrected chi connectivity index (χ1v) is 19.9. The number of aldehydes is 1. The fourth-order valence-electron chi connectivity index (χ4n) is 8.45. The van der Waals surface area contributed by atoms with Crippen molar-refractivity contribution in [2.75, 3.05) is 47.2 Å². The molecule has 1 aliphatic heterocycles. The van der Waals surface area contributed by atoms with Gasteiger partial charge in [-0.1, -0.05) is 50.9 Å². The van der Waals surface area contributed by atoms with Crippen molar-refractivity contribution >= 4 is 18.1 Å². The van der Waals surface area contributed by atoms with Crippen LogP contribution in [0.3, 0.4) is 0 Å². The number of oxime groups is 1. The molecule has 56 heavy (non-hydrogen) atoms. The van der Waals surface area contributed by atoms with Gasteiger partial charge in [-0.15, -0.1) is 6.58 Å². The number of fused-ring (bicyclic) bond motifs is 2. The number of nitrogens with zero attached hydrogens (tertiary/aromatic N) is 2. The smallest absolute Gasteiger partial charge is 0.410 e. The number of rotatable bonds is 19. The lowest BCUT2D eigenvalue weighted by molar-refractivity contribution is -0.253. The summed E-state index contributed by atoms with van der Waals surface area (Å²) in [7, 11) is 3.23. The molecule has 0 radical (unpaired) electrons. The van der Waals surface area contributed by atoms with Crippen LogP contribution in [0.5, 0.6) is 23.0 Å². The fraction of sp³-hybridized carbons (Fsp3) is 0.568. The van der Waals surface area contributed by atoms with E-state index >= 15 is 0 Å². The molecule has 1 fully saturated rings. The van der Waals surface area contributed by atoms with E-state index in [4.69, 9.17) is 33.7 Å². The average Bonchev–Trinajstić information content (AvgIpc) is 3.19. The molecule has 306 valence electrons. The molecule has 6 atom stereocenters. The zero-order chi connectivity index (χ0) is 40.5. The second kappa shape index (κ2) is 19.2. The minimum absolute atomic E-state index is 0.0477. The molecule has 6 unspecified atom stereocenters. The highest BCUT2D eigenvalue weighted by Gasteiger charge is 2.65. The second-order valence-electron chi connectivity index (χ2n) is 16.0. The van der Waals surface area contributed by atoms with E-state index in [2.05, 4.69) is 12.7 Å². The maximum atomic E-state index is 13.9. The van der Waals surface area contributed by atoms with Crippen LogP contribution in [0.2, 0.25) is 0 Å². The number of benzene rings is 2. The quantitative estimate of drug-likeness (QED) is 0.0622. The third-order valence-corrected chi connectivity index (χ3v) is 10.9. The number of methoxy groups -OCH3 is 1. The van der Waals surface area contributed by atoms with Gasteiger partial charge in [-0.2, -0.15) is 0 Å². The molecule has 1 amide bonds. The molecule has 1 heterocycles. The molecular weight excluding hydrogens is 716 g/mol. The van der Waals surface area contributed by atoms with Gasteiger partial charge < -0.3 is 43.6 Å². The van der Waals surface area contributed by atoms with Crippen LogP contribution in [-0.2, 0) is 14.3 Å². The Bertz CT molecular complexity index is 1730. The minimum Gasteiger partial charge on any atom is -0.496 e. The summed E-state index contributed by atoms with van der Waals surface area (Å²) in [5.74, 6) is 0.126. The van der Waals surface area contributed by atoms with Crippen molar-refractivity contribution < 1.29 is 48.3 Å². The molecule has 5 rings (SSSR count). The zero-order valence-electron chi connectivity index (χ0n) is 33.8. The zero-order valence-corrected chi connectivity index (χ0v) is 33.8. The van der Waals surface area contributed by atoms with Gasteiger partial charge in [0.05, 0.1) is 37.5 Å². The summed E-state index contributed by atoms with van der Waals surface area (Å²) in [6.45, 7) is 12.8. The maximum absolute atomic E-state index is 13.9. The molecule has 1 saturated carbocycles. The Morgan fingerprint density at radius 1 is 1.07 bits per heavy atom. The minimum atomic E-state index is -1.39. The lowest BCUT2D eigenvalue weighted by Gasteiger charge is -2.59. The Balaban J connectivity index is 1.73. The molecule has 0 saturated heterocycles. The highest BCUT2D eigenvalue weighted by atomic mass is 16.7. The monoisotopic (exact) mass is 776 g/mol. The van der Waals surface area contributed by atoms with E-state index in [-0.39, 0.29) is 56.0 Å². The van der Waals surface area contributed by atoms with Crippen molar-refractivity contribution in [2.45, 2.75) is 90.4 Å². The molecule has 0 spiro atoms. The van der Waals surface area contributed by atoms with Gasteiger partial charge in [0.25, 0.3) is 0 Å². The number of carbonyl (C=O) groups excluding carboxylic acids is 2. The number of unbranched alkanes of at least 4 members (excludes halogenated alkanes) is 2. The molecule has 2 aliphatic carbocycles. The van der Waals surface area contributed by atoms with E-state index in [1.54, 1.807) is 36.2 Å². The average molecular weight is 777 g/mol. The summed E-state index contributed by atoms with van der Waals surface area (Å²) in [4.78, 5) is 33.1. The molecule has 3 aliphatic rings. The number of carbonyl (C=O) groups is 2. The summed E-state index contributed by atoms with van der Waals surface area (Å²) in [5.41, 5.74) is 2.68. The van der Waals surface area contributed by atoms with Crippen molar-refractivity contribution in [1.29, 1.82) is 0 Å². The summed E-state index contributed by atoms with van der Waals surface area (Å²) < 4.78 is 31.7. The Morgan fingerprint density at radius 3 is 2.45 bits per heavy atom. The maximum Gasteiger partial charge on any atom is 0.410 e. The Kier molecular flexibility index (Phi) is 14.6. The van der Waals surface area contributed by atoms with E-state index in [1.165, 1.54) is 7.11 Å². The van der Waals surface area contributed by atoms with Gasteiger partial charge in [-0.3, -0.25) is 4.79 Å². The molecule has 0 bridgehead atoms. The molecule has 12 nitrogen and oxygen atoms in total. The number of likely N-dealkylation sites (N-methyl/N-ethyl adjacent to an activating group) is 1. The summed E-state index contributed by atoms with van der Waals surface area (Å²) in [6, 6.07) is 10.1. The van der Waals surface area contributed by atoms with Gasteiger partial charge in [-0.25, -0.2) is 4.79 Å². The predicted octanol–water partition coefficient (Wildman–Crippen LogP) is 8.07. The summed E-state index contributed by atoms with van der Waals surface area (Å²) >= 11 is 0. The first kappa shape index (κ1) is 42.7. The van der Waals surface area contributed by atoms with Crippen molar-refractivity contribution in [2.24, 2.45) is 28.3 Å². The first-order valence-electron chi connectivity index (χ1n) is 19.9. The lowest BCUT2D eigenvalue weighted by atomic mass is 9.55. The van der Waals surface area contributed by atoms with Crippen LogP contribution in [0.1, 0.15) is 94.5 Å². The number of ether oxygens (including phenoxy) is 5. The Hall–Kier alpha value is -4.39. The molecular formula is C44H60N2O10. The Labute approximate surface area is 331 Å². The normalized spacial score (nSPS) is 24.5. The van der Waals surface area contributed by atoms with Crippen LogP contribution in [-0.4, -0.2) is 92.2 Å². The van der Waals surface area contributed by atoms with Crippen LogP contribution < -0.4 is 14.2 Å². The third kappa shape index (κ3) is 9.41. The van der Waals surface area contributed by atoms with Crippen LogP contribution in [0.4, 0.5) is 4.79 Å². The Morgan fingerprint density at radius 2 is 1.79 bits per heavy atom. The highest BCUT2D eigenvalue weighted by Crippen LogP contribution is 2.62. The highest BCUT2D eigenvalue weighted by molar-refractivity contribution is 6.03. The standard InChI is InChI=1S/C44H60N2O10/c1-8-22-53-44-39(46(6)42(50)52-28-43(3,4)5)26-36(45-54-9-2)34-24-29(14-10-12-20-47)33(15-11-13-21-48)40(41(34)44)35-25-32(17-19-38(35)56-44)55-31-16-18-37(51-7)30(23-31)27-49/h8,16-19,23-25,27,29,33,39-41,47-48H,1,9-15,20-22,26,28H2,2-7H3. The van der Waals surface area contributed by atoms with E-state index < -0.39 is 23.8 Å². The fourth-order valence-corrected chi connectivity index (χ4v) is 8.45. The van der Waals surface area contributed by atoms with Crippen LogP contribution in [0.25, 0.3) is 0 Å². The molecule has 0 aromatic heterocycles. The molecule has 2 aromatic rings. The van der Waals surface area contributed by atoms with E-state index in [0.717, 1.165) is 43.1 Å². The predicted molar refractivity (Wildman–Crippen MR) is 214 cm³/mol. The van der Waals surface area contributed by atoms with Gasteiger partial charge in [0.15, 0.2) is 6.29 Å². The van der Waals surface area contributed by atoms with Crippen molar-refractivity contribution in [3.63, 3.8) is 0 Å². The van der Waals surface area contributed by atoms with Gasteiger partial charge in [0.1, 0.15) is 35.6 Å². The van der Waals surface area contributed by atoms with Crippen LogP contribution in [0, 0.1) is 23.2 Å². The number of aliphatic hydroxyl groups is 2. The number of hydrogen-bond acceptors (Lipinski definition) is 11. The largest absolute Gasteiger partial charge is 0.496 e. The van der Waals surface area contributed by atoms with Crippen LogP contribution >= 0.6 is 0 Å². The lowest BCUT2D eigenvalue weighted by Crippen LogP contribution is -2.69. The van der Waals surface area contributed by atoms with E-state index in [0.29, 0.717) is 53.7 Å². The van der Waals surface area contributed by atoms with Gasteiger partial charge >= 0.3 is 6.09 Å². The third-order valence-electron chi connectivity index (χ3n) is 10.9. The van der Waals surface area contributed by atoms with Crippen molar-refractivity contribution in [3.05, 3.63) is 71.8 Å². The molecule has 12 heteroatoms. The number of hydrogen-bond donors (Lipinski definition) is 2. The van der Waals surface area contributed by atoms with Gasteiger partial charge in [0.2, 0.25) is 5.79 Å². The SMILES string of the molecule is C=CCOC12Oc3ccc(Oc4ccc(OC)c(C=O)c4)cc3C3C(CCCCO)C(CCCCO)C=C(C(=NOCC)CC1N(C)C(=O)OCC(C)(C)C)C32. The number of amides is 1. The van der Waals surface area contributed by atoms with Crippen molar-refractivity contribution in [1.82, 2.24) is 4.90 Å². The first-order chi connectivity index (χ1) is 26.9. The molecule has 2 N–H and O–H groups in total. The van der Waals surface area contributed by atoms with Crippen LogP contribution in [0.15, 0.2) is 65.9 Å². The number of allylic oxidation sites excluding steroid dienone is 1. The number of aliphatic hydroxyl groups excluding tert-OH is 2. The van der Waals surface area contributed by atoms with E-state index in [9.17, 15) is 19.8 Å². The molecule has 2 aromatic carbocycles. The summed E-state index contributed by atoms with van der Waals surface area (Å²) in [6.07, 6.45) is 9.05. The van der Waals surface area contributed by atoms with Crippen molar-refractivity contribution in [3.8, 4) is 23.0 Å². The van der Waals surface area contributed by atoms with E-state index in [1.807, 2.05) is 45.9 Å². The summed E-state index contributed by atoms with van der Waals surface area (Å²) in [5, 5.41) is 24.4. The topological polar surface area (TPSA) is 146 Å². The second-order valence-corrected chi connectivity index (χ2v) is 16.0. The van der Waals surface area contributed by atoms with Gasteiger partial charge in [0, 0.05) is 38.2 Å². The van der Waals surface area contributed by atoms with Gasteiger partial charge in [-0.05, 0) is 91.8 Å².